The standard InChI is InChI=1S/C12H26N2O3S/c1-3-4-5-8-13(2)18(16,17)14-9-6-7-12(10-14)11-15/h12,15H,3-11H2,1-2H3. The summed E-state index contributed by atoms with van der Waals surface area (Å²) in [6.45, 7) is 3.79. The van der Waals surface area contributed by atoms with Crippen molar-refractivity contribution >= 4 is 10.2 Å². The lowest BCUT2D eigenvalue weighted by Gasteiger charge is -2.33. The molecule has 1 fully saturated rings. The van der Waals surface area contributed by atoms with Crippen molar-refractivity contribution < 1.29 is 13.5 Å². The van der Waals surface area contributed by atoms with Crippen LogP contribution < -0.4 is 0 Å². The number of rotatable bonds is 7. The molecule has 1 heterocycles. The lowest BCUT2D eigenvalue weighted by molar-refractivity contribution is 0.161. The first-order valence-electron chi connectivity index (χ1n) is 6.84. The predicted octanol–water partition coefficient (Wildman–Crippen LogP) is 1.06. The highest BCUT2D eigenvalue weighted by atomic mass is 32.2. The van der Waals surface area contributed by atoms with Crippen LogP contribution in [0.4, 0.5) is 0 Å². The Labute approximate surface area is 111 Å². The molecule has 1 rings (SSSR count). The van der Waals surface area contributed by atoms with Crippen LogP contribution in [0.25, 0.3) is 0 Å². The molecule has 6 heteroatoms. The third-order valence-corrected chi connectivity index (χ3v) is 5.49. The van der Waals surface area contributed by atoms with Gasteiger partial charge in [-0.25, -0.2) is 0 Å². The van der Waals surface area contributed by atoms with Gasteiger partial charge in [-0.3, -0.25) is 0 Å². The zero-order chi connectivity index (χ0) is 13.6. The molecule has 0 saturated carbocycles. The zero-order valence-electron chi connectivity index (χ0n) is 11.5. The first-order valence-corrected chi connectivity index (χ1v) is 8.24. The molecule has 0 bridgehead atoms. The molecule has 1 atom stereocenters. The third-order valence-electron chi connectivity index (χ3n) is 3.54. The molecule has 0 amide bonds. The van der Waals surface area contributed by atoms with E-state index in [-0.39, 0.29) is 12.5 Å². The summed E-state index contributed by atoms with van der Waals surface area (Å²) in [7, 11) is -1.68. The van der Waals surface area contributed by atoms with Crippen molar-refractivity contribution in [3.63, 3.8) is 0 Å². The first kappa shape index (κ1) is 15.9. The van der Waals surface area contributed by atoms with Gasteiger partial charge in [0.15, 0.2) is 0 Å². The molecular weight excluding hydrogens is 252 g/mol. The average Bonchev–Trinajstić information content (AvgIpc) is 2.39. The maximum atomic E-state index is 12.3. The van der Waals surface area contributed by atoms with Gasteiger partial charge in [0.25, 0.3) is 10.2 Å². The van der Waals surface area contributed by atoms with Crippen molar-refractivity contribution in [3.8, 4) is 0 Å². The Morgan fingerprint density at radius 2 is 2.11 bits per heavy atom. The number of hydrogen-bond donors (Lipinski definition) is 1. The quantitative estimate of drug-likeness (QED) is 0.708. The van der Waals surface area contributed by atoms with Crippen LogP contribution >= 0.6 is 0 Å². The van der Waals surface area contributed by atoms with E-state index < -0.39 is 10.2 Å². The molecule has 0 aliphatic carbocycles. The summed E-state index contributed by atoms with van der Waals surface area (Å²) in [4.78, 5) is 0. The van der Waals surface area contributed by atoms with E-state index in [1.54, 1.807) is 7.05 Å². The summed E-state index contributed by atoms with van der Waals surface area (Å²) in [5.74, 6) is 0.0950. The van der Waals surface area contributed by atoms with Crippen LogP contribution in [0.3, 0.4) is 0 Å². The highest BCUT2D eigenvalue weighted by Crippen LogP contribution is 2.20. The molecule has 0 aromatic rings. The van der Waals surface area contributed by atoms with Crippen molar-refractivity contribution in [2.24, 2.45) is 5.92 Å². The van der Waals surface area contributed by atoms with Crippen LogP contribution in [-0.2, 0) is 10.2 Å². The van der Waals surface area contributed by atoms with Crippen molar-refractivity contribution in [2.75, 3.05) is 33.3 Å². The molecule has 108 valence electrons. The van der Waals surface area contributed by atoms with E-state index in [1.807, 2.05) is 0 Å². The molecule has 1 aliphatic heterocycles. The molecule has 1 saturated heterocycles. The second kappa shape index (κ2) is 7.43. The molecule has 1 unspecified atom stereocenters. The number of aliphatic hydroxyl groups excluding tert-OH is 1. The predicted molar refractivity (Wildman–Crippen MR) is 72.5 cm³/mol. The van der Waals surface area contributed by atoms with Gasteiger partial charge < -0.3 is 5.11 Å². The van der Waals surface area contributed by atoms with Gasteiger partial charge in [-0.1, -0.05) is 19.8 Å². The van der Waals surface area contributed by atoms with E-state index in [2.05, 4.69) is 6.92 Å². The number of nitrogens with zero attached hydrogens (tertiary/aromatic N) is 2. The molecule has 1 N–H and O–H groups in total. The van der Waals surface area contributed by atoms with Crippen LogP contribution in [0.5, 0.6) is 0 Å². The van der Waals surface area contributed by atoms with Gasteiger partial charge in [0.1, 0.15) is 0 Å². The van der Waals surface area contributed by atoms with E-state index in [0.29, 0.717) is 19.6 Å². The third kappa shape index (κ3) is 4.19. The maximum absolute atomic E-state index is 12.3. The summed E-state index contributed by atoms with van der Waals surface area (Å²) < 4.78 is 27.6. The van der Waals surface area contributed by atoms with Gasteiger partial charge in [-0.05, 0) is 25.2 Å². The Bertz CT molecular complexity index is 332. The van der Waals surface area contributed by atoms with Crippen LogP contribution in [0.15, 0.2) is 0 Å². The zero-order valence-corrected chi connectivity index (χ0v) is 12.3. The largest absolute Gasteiger partial charge is 0.396 e. The van der Waals surface area contributed by atoms with Crippen LogP contribution in [0, 0.1) is 5.92 Å². The Balaban J connectivity index is 2.55. The van der Waals surface area contributed by atoms with Gasteiger partial charge in [-0.15, -0.1) is 0 Å². The van der Waals surface area contributed by atoms with Crippen molar-refractivity contribution in [1.29, 1.82) is 0 Å². The molecular formula is C12H26N2O3S. The Morgan fingerprint density at radius 1 is 1.39 bits per heavy atom. The Kier molecular flexibility index (Phi) is 6.55. The van der Waals surface area contributed by atoms with Crippen LogP contribution in [-0.4, -0.2) is 55.4 Å². The van der Waals surface area contributed by atoms with E-state index >= 15 is 0 Å². The average molecular weight is 278 g/mol. The monoisotopic (exact) mass is 278 g/mol. The smallest absolute Gasteiger partial charge is 0.281 e. The summed E-state index contributed by atoms with van der Waals surface area (Å²) in [5, 5.41) is 9.15. The minimum atomic E-state index is -3.33. The highest BCUT2D eigenvalue weighted by molar-refractivity contribution is 7.86. The van der Waals surface area contributed by atoms with Gasteiger partial charge >= 0.3 is 0 Å². The Hall–Kier alpha value is -0.170. The lowest BCUT2D eigenvalue weighted by Crippen LogP contribution is -2.47. The van der Waals surface area contributed by atoms with E-state index in [0.717, 1.165) is 32.1 Å². The normalized spacial score (nSPS) is 22.6. The van der Waals surface area contributed by atoms with Crippen LogP contribution in [0.2, 0.25) is 0 Å². The van der Waals surface area contributed by atoms with Crippen molar-refractivity contribution in [2.45, 2.75) is 39.0 Å². The van der Waals surface area contributed by atoms with Crippen molar-refractivity contribution in [3.05, 3.63) is 0 Å². The molecule has 5 nitrogen and oxygen atoms in total. The molecule has 0 radical (unpaired) electrons. The minimum absolute atomic E-state index is 0.0750. The lowest BCUT2D eigenvalue weighted by atomic mass is 10.0. The molecule has 1 aliphatic rings. The highest BCUT2D eigenvalue weighted by Gasteiger charge is 2.31. The molecule has 18 heavy (non-hydrogen) atoms. The van der Waals surface area contributed by atoms with Crippen LogP contribution in [0.1, 0.15) is 39.0 Å². The Morgan fingerprint density at radius 3 is 2.72 bits per heavy atom. The fourth-order valence-electron chi connectivity index (χ4n) is 2.28. The first-order chi connectivity index (χ1) is 8.52. The fraction of sp³-hybridized carbons (Fsp3) is 1.00. The second-order valence-electron chi connectivity index (χ2n) is 5.09. The minimum Gasteiger partial charge on any atom is -0.396 e. The molecule has 0 aromatic carbocycles. The van der Waals surface area contributed by atoms with E-state index in [4.69, 9.17) is 5.11 Å². The van der Waals surface area contributed by atoms with E-state index in [1.165, 1.54) is 8.61 Å². The maximum Gasteiger partial charge on any atom is 0.281 e. The number of piperidine rings is 1. The van der Waals surface area contributed by atoms with Gasteiger partial charge in [-0.2, -0.15) is 17.0 Å². The van der Waals surface area contributed by atoms with Gasteiger partial charge in [0.2, 0.25) is 0 Å². The summed E-state index contributed by atoms with van der Waals surface area (Å²) >= 11 is 0. The topological polar surface area (TPSA) is 60.9 Å². The summed E-state index contributed by atoms with van der Waals surface area (Å²) in [6.07, 6.45) is 4.81. The summed E-state index contributed by atoms with van der Waals surface area (Å²) in [5.41, 5.74) is 0. The fourth-order valence-corrected chi connectivity index (χ4v) is 3.80. The number of hydrogen-bond acceptors (Lipinski definition) is 3. The second-order valence-corrected chi connectivity index (χ2v) is 7.12. The van der Waals surface area contributed by atoms with Gasteiger partial charge in [0.05, 0.1) is 0 Å². The van der Waals surface area contributed by atoms with Crippen molar-refractivity contribution in [1.82, 2.24) is 8.61 Å². The number of unbranched alkanes of at least 4 members (excludes halogenated alkanes) is 2. The molecule has 0 aromatic heterocycles. The number of aliphatic hydroxyl groups is 1. The SMILES string of the molecule is CCCCCN(C)S(=O)(=O)N1CCCC(CO)C1. The van der Waals surface area contributed by atoms with E-state index in [9.17, 15) is 8.42 Å². The molecule has 0 spiro atoms. The van der Waals surface area contributed by atoms with Gasteiger partial charge in [0, 0.05) is 33.3 Å². The summed E-state index contributed by atoms with van der Waals surface area (Å²) in [6, 6.07) is 0.